The van der Waals surface area contributed by atoms with E-state index in [1.807, 2.05) is 0 Å². The predicted octanol–water partition coefficient (Wildman–Crippen LogP) is 0.0314. The lowest BCUT2D eigenvalue weighted by Crippen LogP contribution is -2.56. The van der Waals surface area contributed by atoms with Crippen LogP contribution >= 0.6 is 0 Å². The van der Waals surface area contributed by atoms with Crippen molar-refractivity contribution < 1.29 is 14.3 Å². The summed E-state index contributed by atoms with van der Waals surface area (Å²) in [4.78, 5) is 21.3. The van der Waals surface area contributed by atoms with Gasteiger partial charge in [-0.05, 0) is 12.8 Å². The second kappa shape index (κ2) is 1.71. The molecule has 1 aliphatic heterocycles. The molecular weight excluding hydrogens is 134 g/mol. The van der Waals surface area contributed by atoms with Gasteiger partial charge in [-0.2, -0.15) is 0 Å². The summed E-state index contributed by atoms with van der Waals surface area (Å²) in [6.45, 7) is 0. The average molecular weight is 141 g/mol. The Hall–Kier alpha value is -1.06. The first kappa shape index (κ1) is 5.70. The molecular formula is C6H7NO3. The van der Waals surface area contributed by atoms with E-state index in [1.54, 1.807) is 0 Å². The Balaban J connectivity index is 2.13. The Morgan fingerprint density at radius 3 is 2.70 bits per heavy atom. The highest BCUT2D eigenvalue weighted by atomic mass is 16.6. The van der Waals surface area contributed by atoms with E-state index in [0.29, 0.717) is 0 Å². The molecule has 4 heteroatoms. The van der Waals surface area contributed by atoms with Crippen molar-refractivity contribution in [2.75, 3.05) is 0 Å². The molecule has 0 spiro atoms. The van der Waals surface area contributed by atoms with Gasteiger partial charge in [0.2, 0.25) is 0 Å². The molecule has 0 aromatic heterocycles. The van der Waals surface area contributed by atoms with E-state index in [2.05, 4.69) is 10.1 Å². The van der Waals surface area contributed by atoms with E-state index in [9.17, 15) is 9.59 Å². The minimum absolute atomic E-state index is 0.0577. The smallest absolute Gasteiger partial charge is 0.376 e. The van der Waals surface area contributed by atoms with Crippen LogP contribution in [0.4, 0.5) is 4.79 Å². The molecule has 1 amide bonds. The number of carbonyl (C=O) groups excluding carboxylic acids is 2. The highest BCUT2D eigenvalue weighted by molar-refractivity contribution is 5.90. The molecule has 2 fully saturated rings. The van der Waals surface area contributed by atoms with Gasteiger partial charge < -0.3 is 10.1 Å². The van der Waals surface area contributed by atoms with Gasteiger partial charge in [0.15, 0.2) is 0 Å². The maximum atomic E-state index is 10.8. The third-order valence-electron chi connectivity index (χ3n) is 2.07. The van der Waals surface area contributed by atoms with Crippen molar-refractivity contribution in [3.63, 3.8) is 0 Å². The molecule has 54 valence electrons. The van der Waals surface area contributed by atoms with Gasteiger partial charge in [-0.3, -0.25) is 4.79 Å². The zero-order chi connectivity index (χ0) is 7.14. The average Bonchev–Trinajstić information content (AvgIpc) is 1.77. The van der Waals surface area contributed by atoms with Crippen LogP contribution in [-0.2, 0) is 9.53 Å². The number of amides is 1. The normalized spacial score (nSPS) is 37.2. The summed E-state index contributed by atoms with van der Waals surface area (Å²) in [5, 5.41) is 2.56. The van der Waals surface area contributed by atoms with Crippen LogP contribution in [0.5, 0.6) is 0 Å². The maximum absolute atomic E-state index is 10.8. The monoisotopic (exact) mass is 141 g/mol. The first-order valence-corrected chi connectivity index (χ1v) is 3.29. The lowest BCUT2D eigenvalue weighted by atomic mass is 9.79. The zero-order valence-electron chi connectivity index (χ0n) is 5.29. The summed E-state index contributed by atoms with van der Waals surface area (Å²) in [5.74, 6) is -0.419. The molecule has 1 saturated heterocycles. The third-order valence-corrected chi connectivity index (χ3v) is 2.07. The van der Waals surface area contributed by atoms with E-state index in [1.165, 1.54) is 0 Å². The second-order valence-corrected chi connectivity index (χ2v) is 2.64. The lowest BCUT2D eigenvalue weighted by Gasteiger charge is -2.37. The van der Waals surface area contributed by atoms with Crippen LogP contribution in [0.1, 0.15) is 12.8 Å². The van der Waals surface area contributed by atoms with Crippen molar-refractivity contribution >= 4 is 12.1 Å². The molecule has 2 aliphatic rings. The van der Waals surface area contributed by atoms with Gasteiger partial charge in [0, 0.05) is 6.04 Å². The number of rotatable bonds is 0. The number of esters is 1. The molecule has 4 nitrogen and oxygen atoms in total. The molecule has 2 atom stereocenters. The Labute approximate surface area is 57.5 Å². The van der Waals surface area contributed by atoms with Crippen molar-refractivity contribution in [1.29, 1.82) is 0 Å². The van der Waals surface area contributed by atoms with Crippen LogP contribution in [0.25, 0.3) is 0 Å². The number of fused-ring (bicyclic) bond motifs is 1. The van der Waals surface area contributed by atoms with Crippen LogP contribution < -0.4 is 5.32 Å². The highest BCUT2D eigenvalue weighted by Crippen LogP contribution is 2.30. The number of carbonyl (C=O) groups is 2. The molecule has 1 saturated carbocycles. The molecule has 0 unspecified atom stereocenters. The van der Waals surface area contributed by atoms with E-state index >= 15 is 0 Å². The SMILES string of the molecule is O=C1N[C@@H]2CC[C@@H]2C(=O)O1. The van der Waals surface area contributed by atoms with Crippen molar-refractivity contribution in [3.8, 4) is 0 Å². The summed E-state index contributed by atoms with van der Waals surface area (Å²) < 4.78 is 4.33. The molecule has 10 heavy (non-hydrogen) atoms. The van der Waals surface area contributed by atoms with E-state index in [0.717, 1.165) is 12.8 Å². The van der Waals surface area contributed by atoms with Crippen molar-refractivity contribution in [1.82, 2.24) is 5.32 Å². The van der Waals surface area contributed by atoms with Crippen LogP contribution in [0.3, 0.4) is 0 Å². The fraction of sp³-hybridized carbons (Fsp3) is 0.667. The summed E-state index contributed by atoms with van der Waals surface area (Å²) in [6, 6.07) is 0.0637. The van der Waals surface area contributed by atoms with Gasteiger partial charge in [-0.25, -0.2) is 4.79 Å². The molecule has 0 radical (unpaired) electrons. The minimum atomic E-state index is -0.592. The van der Waals surface area contributed by atoms with Gasteiger partial charge in [0.25, 0.3) is 0 Å². The molecule has 0 aromatic rings. The van der Waals surface area contributed by atoms with Crippen LogP contribution in [0.2, 0.25) is 0 Å². The number of alkyl carbamates (subject to hydrolysis) is 1. The van der Waals surface area contributed by atoms with E-state index < -0.39 is 6.09 Å². The van der Waals surface area contributed by atoms with Crippen LogP contribution in [0, 0.1) is 5.92 Å². The minimum Gasteiger partial charge on any atom is -0.376 e. The van der Waals surface area contributed by atoms with E-state index in [4.69, 9.17) is 0 Å². The first-order valence-electron chi connectivity index (χ1n) is 3.29. The van der Waals surface area contributed by atoms with Gasteiger partial charge in [0.05, 0.1) is 5.92 Å². The van der Waals surface area contributed by atoms with Gasteiger partial charge in [-0.1, -0.05) is 0 Å². The first-order chi connectivity index (χ1) is 4.77. The Bertz CT molecular complexity index is 201. The fourth-order valence-electron chi connectivity index (χ4n) is 1.30. The third kappa shape index (κ3) is 0.616. The van der Waals surface area contributed by atoms with Crippen molar-refractivity contribution in [2.45, 2.75) is 18.9 Å². The quantitative estimate of drug-likeness (QED) is 0.382. The fourth-order valence-corrected chi connectivity index (χ4v) is 1.30. The lowest BCUT2D eigenvalue weighted by molar-refractivity contribution is -0.149. The standard InChI is InChI=1S/C6H7NO3/c8-5-3-1-2-4(3)7-6(9)10-5/h3-4H,1-2H2,(H,7,9)/t3-,4+/m0/s1. The summed E-state index contributed by atoms with van der Waals surface area (Å²) in [5.41, 5.74) is 0. The molecule has 1 aliphatic carbocycles. The van der Waals surface area contributed by atoms with Crippen LogP contribution in [0.15, 0.2) is 0 Å². The summed E-state index contributed by atoms with van der Waals surface area (Å²) in [7, 11) is 0. The number of nitrogens with one attached hydrogen (secondary N) is 1. The van der Waals surface area contributed by atoms with E-state index in [-0.39, 0.29) is 17.9 Å². The van der Waals surface area contributed by atoms with Gasteiger partial charge >= 0.3 is 12.1 Å². The molecule has 2 rings (SSSR count). The topological polar surface area (TPSA) is 55.4 Å². The van der Waals surface area contributed by atoms with Crippen molar-refractivity contribution in [3.05, 3.63) is 0 Å². The Morgan fingerprint density at radius 1 is 1.40 bits per heavy atom. The van der Waals surface area contributed by atoms with Gasteiger partial charge in [0.1, 0.15) is 0 Å². The Kier molecular flexibility index (Phi) is 0.977. The molecule has 1 heterocycles. The summed E-state index contributed by atoms with van der Waals surface area (Å²) >= 11 is 0. The van der Waals surface area contributed by atoms with Crippen LogP contribution in [-0.4, -0.2) is 18.1 Å². The van der Waals surface area contributed by atoms with Gasteiger partial charge in [-0.15, -0.1) is 0 Å². The predicted molar refractivity (Wildman–Crippen MR) is 31.1 cm³/mol. The van der Waals surface area contributed by atoms with Crippen molar-refractivity contribution in [2.24, 2.45) is 5.92 Å². The largest absolute Gasteiger partial charge is 0.415 e. The number of hydrogen-bond donors (Lipinski definition) is 1. The molecule has 0 bridgehead atoms. The number of ether oxygens (including phenoxy) is 1. The zero-order valence-corrected chi connectivity index (χ0v) is 5.29. The second-order valence-electron chi connectivity index (χ2n) is 2.64. The number of cyclic esters (lactones) is 2. The highest BCUT2D eigenvalue weighted by Gasteiger charge is 2.43. The molecule has 0 aromatic carbocycles. The Morgan fingerprint density at radius 2 is 2.20 bits per heavy atom. The maximum Gasteiger partial charge on any atom is 0.415 e. The number of hydrogen-bond acceptors (Lipinski definition) is 3. The summed E-state index contributed by atoms with van der Waals surface area (Å²) in [6.07, 6.45) is 1.17. The molecule has 1 N–H and O–H groups in total.